The number of fused-ring (bicyclic) bond motifs is 1. The monoisotopic (exact) mass is 478 g/mol. The van der Waals surface area contributed by atoms with Crippen LogP contribution in [0.5, 0.6) is 11.5 Å². The number of halogens is 2. The van der Waals surface area contributed by atoms with Crippen LogP contribution in [-0.2, 0) is 11.4 Å². The van der Waals surface area contributed by atoms with Gasteiger partial charge in [-0.1, -0.05) is 59.6 Å². The number of nitrogens with zero attached hydrogens (tertiary/aromatic N) is 1. The molecule has 0 atom stereocenters. The zero-order valence-electron chi connectivity index (χ0n) is 17.5. The predicted octanol–water partition coefficient (Wildman–Crippen LogP) is 6.25. The van der Waals surface area contributed by atoms with E-state index in [1.807, 2.05) is 72.8 Å². The van der Waals surface area contributed by atoms with E-state index in [0.29, 0.717) is 28.2 Å². The highest BCUT2D eigenvalue weighted by molar-refractivity contribution is 6.35. The Labute approximate surface area is 201 Å². The lowest BCUT2D eigenvalue weighted by atomic mass is 10.1. The molecule has 4 aromatic carbocycles. The third-order valence-corrected chi connectivity index (χ3v) is 5.37. The molecule has 166 valence electrons. The van der Waals surface area contributed by atoms with Crippen LogP contribution in [-0.4, -0.2) is 18.7 Å². The zero-order chi connectivity index (χ0) is 23.0. The lowest BCUT2D eigenvalue weighted by Gasteiger charge is -2.08. The van der Waals surface area contributed by atoms with Gasteiger partial charge in [0.1, 0.15) is 18.1 Å². The zero-order valence-corrected chi connectivity index (χ0v) is 19.0. The molecule has 0 fully saturated rings. The van der Waals surface area contributed by atoms with Crippen LogP contribution in [0.3, 0.4) is 0 Å². The molecule has 0 saturated heterocycles. The van der Waals surface area contributed by atoms with Crippen LogP contribution in [0.15, 0.2) is 90.0 Å². The molecule has 0 aliphatic rings. The number of hydrogen-bond donors (Lipinski definition) is 1. The Morgan fingerprint density at radius 3 is 2.39 bits per heavy atom. The first-order valence-corrected chi connectivity index (χ1v) is 10.9. The van der Waals surface area contributed by atoms with Gasteiger partial charge in [0, 0.05) is 15.6 Å². The van der Waals surface area contributed by atoms with E-state index in [1.165, 1.54) is 0 Å². The molecule has 0 bridgehead atoms. The number of amides is 1. The van der Waals surface area contributed by atoms with Crippen molar-refractivity contribution in [1.29, 1.82) is 0 Å². The van der Waals surface area contributed by atoms with Gasteiger partial charge in [0.25, 0.3) is 5.91 Å². The van der Waals surface area contributed by atoms with Crippen LogP contribution >= 0.6 is 23.2 Å². The van der Waals surface area contributed by atoms with Gasteiger partial charge in [0.05, 0.1) is 6.21 Å². The van der Waals surface area contributed by atoms with E-state index in [4.69, 9.17) is 32.7 Å². The molecule has 0 spiro atoms. The fourth-order valence-electron chi connectivity index (χ4n) is 3.07. The molecular weight excluding hydrogens is 459 g/mol. The van der Waals surface area contributed by atoms with Crippen LogP contribution in [0.2, 0.25) is 10.0 Å². The van der Waals surface area contributed by atoms with Crippen molar-refractivity contribution < 1.29 is 14.3 Å². The summed E-state index contributed by atoms with van der Waals surface area (Å²) in [5, 5.41) is 7.28. The molecule has 4 rings (SSSR count). The van der Waals surface area contributed by atoms with E-state index in [-0.39, 0.29) is 12.5 Å². The summed E-state index contributed by atoms with van der Waals surface area (Å²) in [4.78, 5) is 12.0. The Hall–Kier alpha value is -3.54. The van der Waals surface area contributed by atoms with Crippen LogP contribution in [0, 0.1) is 0 Å². The summed E-state index contributed by atoms with van der Waals surface area (Å²) in [5.41, 5.74) is 4.11. The quantitative estimate of drug-likeness (QED) is 0.240. The first-order chi connectivity index (χ1) is 16.1. The summed E-state index contributed by atoms with van der Waals surface area (Å²) in [6, 6.07) is 26.2. The number of carbonyl (C=O) groups is 1. The van der Waals surface area contributed by atoms with Gasteiger partial charge in [-0.3, -0.25) is 4.79 Å². The molecular formula is C26H20Cl2N2O3. The largest absolute Gasteiger partial charge is 0.489 e. The first-order valence-electron chi connectivity index (χ1n) is 10.2. The maximum atomic E-state index is 12.0. The van der Waals surface area contributed by atoms with Gasteiger partial charge >= 0.3 is 0 Å². The third-order valence-electron chi connectivity index (χ3n) is 4.78. The number of rotatable bonds is 8. The van der Waals surface area contributed by atoms with E-state index in [2.05, 4.69) is 10.5 Å². The molecule has 0 aliphatic carbocycles. The average Bonchev–Trinajstić information content (AvgIpc) is 2.83. The van der Waals surface area contributed by atoms with E-state index in [1.54, 1.807) is 18.3 Å². The predicted molar refractivity (Wildman–Crippen MR) is 132 cm³/mol. The Morgan fingerprint density at radius 1 is 0.848 bits per heavy atom. The number of hydrogen-bond acceptors (Lipinski definition) is 4. The van der Waals surface area contributed by atoms with Crippen molar-refractivity contribution >= 4 is 46.1 Å². The van der Waals surface area contributed by atoms with Crippen molar-refractivity contribution in [3.05, 3.63) is 106 Å². The molecule has 0 aromatic heterocycles. The van der Waals surface area contributed by atoms with Gasteiger partial charge in [0.15, 0.2) is 6.61 Å². The molecule has 0 unspecified atom stereocenters. The molecule has 7 heteroatoms. The van der Waals surface area contributed by atoms with Crippen LogP contribution < -0.4 is 14.9 Å². The molecule has 0 aliphatic heterocycles. The van der Waals surface area contributed by atoms with Gasteiger partial charge in [-0.05, 0) is 64.9 Å². The highest BCUT2D eigenvalue weighted by atomic mass is 35.5. The number of hydrazone groups is 1. The number of ether oxygens (including phenoxy) is 2. The molecule has 4 aromatic rings. The molecule has 0 radical (unpaired) electrons. The second kappa shape index (κ2) is 10.9. The molecule has 1 N–H and O–H groups in total. The number of carbonyl (C=O) groups excluding carboxylic acids is 1. The Bertz CT molecular complexity index is 1290. The van der Waals surface area contributed by atoms with Gasteiger partial charge in [-0.15, -0.1) is 0 Å². The summed E-state index contributed by atoms with van der Waals surface area (Å²) in [6.07, 6.45) is 1.55. The van der Waals surface area contributed by atoms with Crippen LogP contribution in [0.4, 0.5) is 0 Å². The van der Waals surface area contributed by atoms with E-state index in [0.717, 1.165) is 21.9 Å². The summed E-state index contributed by atoms with van der Waals surface area (Å²) in [6.45, 7) is 0.201. The Balaban J connectivity index is 1.23. The second-order valence-corrected chi connectivity index (χ2v) is 8.03. The van der Waals surface area contributed by atoms with Gasteiger partial charge in [-0.2, -0.15) is 5.10 Å². The molecule has 0 heterocycles. The van der Waals surface area contributed by atoms with Crippen molar-refractivity contribution in [2.75, 3.05) is 6.61 Å². The van der Waals surface area contributed by atoms with Crippen LogP contribution in [0.25, 0.3) is 10.8 Å². The van der Waals surface area contributed by atoms with Gasteiger partial charge < -0.3 is 9.47 Å². The average molecular weight is 479 g/mol. The van der Waals surface area contributed by atoms with Crippen LogP contribution in [0.1, 0.15) is 11.1 Å². The minimum Gasteiger partial charge on any atom is -0.489 e. The summed E-state index contributed by atoms with van der Waals surface area (Å²) in [5.74, 6) is 0.966. The number of benzene rings is 4. The molecule has 33 heavy (non-hydrogen) atoms. The second-order valence-electron chi connectivity index (χ2n) is 7.18. The Morgan fingerprint density at radius 2 is 1.61 bits per heavy atom. The SMILES string of the molecule is O=C(COc1ccc2ccccc2c1)N/N=C/c1ccc(OCc2ccc(Cl)cc2Cl)cc1. The normalized spacial score (nSPS) is 11.0. The Kier molecular flexibility index (Phi) is 7.45. The fraction of sp³-hybridized carbons (Fsp3) is 0.0769. The third kappa shape index (κ3) is 6.48. The van der Waals surface area contributed by atoms with Crippen molar-refractivity contribution in [1.82, 2.24) is 5.43 Å². The summed E-state index contributed by atoms with van der Waals surface area (Å²) < 4.78 is 11.3. The summed E-state index contributed by atoms with van der Waals surface area (Å²) in [7, 11) is 0. The fourth-order valence-corrected chi connectivity index (χ4v) is 3.53. The van der Waals surface area contributed by atoms with Gasteiger partial charge in [-0.25, -0.2) is 5.43 Å². The standard InChI is InChI=1S/C26H20Cl2N2O3/c27-22-9-7-21(25(28)14-22)16-32-23-10-5-18(6-11-23)15-29-30-26(31)17-33-24-12-8-19-3-1-2-4-20(19)13-24/h1-15H,16-17H2,(H,30,31)/b29-15+. The highest BCUT2D eigenvalue weighted by Gasteiger charge is 2.04. The van der Waals surface area contributed by atoms with Crippen molar-refractivity contribution in [3.8, 4) is 11.5 Å². The minimum absolute atomic E-state index is 0.129. The number of nitrogens with one attached hydrogen (secondary N) is 1. The van der Waals surface area contributed by atoms with Gasteiger partial charge in [0.2, 0.25) is 0 Å². The van der Waals surface area contributed by atoms with E-state index >= 15 is 0 Å². The molecule has 5 nitrogen and oxygen atoms in total. The highest BCUT2D eigenvalue weighted by Crippen LogP contribution is 2.23. The minimum atomic E-state index is -0.348. The van der Waals surface area contributed by atoms with Crippen molar-refractivity contribution in [3.63, 3.8) is 0 Å². The summed E-state index contributed by atoms with van der Waals surface area (Å²) >= 11 is 12.1. The lowest BCUT2D eigenvalue weighted by Crippen LogP contribution is -2.24. The molecule has 0 saturated carbocycles. The first kappa shape index (κ1) is 22.6. The van der Waals surface area contributed by atoms with E-state index < -0.39 is 0 Å². The van der Waals surface area contributed by atoms with Crippen molar-refractivity contribution in [2.24, 2.45) is 5.10 Å². The molecule has 1 amide bonds. The van der Waals surface area contributed by atoms with E-state index in [9.17, 15) is 4.79 Å². The lowest BCUT2D eigenvalue weighted by molar-refractivity contribution is -0.123. The topological polar surface area (TPSA) is 59.9 Å². The van der Waals surface area contributed by atoms with Crippen molar-refractivity contribution in [2.45, 2.75) is 6.61 Å². The smallest absolute Gasteiger partial charge is 0.277 e. The maximum Gasteiger partial charge on any atom is 0.277 e. The maximum absolute atomic E-state index is 12.0.